The molecule has 130 valence electrons. The summed E-state index contributed by atoms with van der Waals surface area (Å²) in [6.07, 6.45) is 4.39. The summed E-state index contributed by atoms with van der Waals surface area (Å²) in [7, 11) is 0. The molecule has 0 unspecified atom stereocenters. The maximum absolute atomic E-state index is 10.7. The molecule has 0 atom stereocenters. The Kier molecular flexibility index (Phi) is 5.93. The van der Waals surface area contributed by atoms with Gasteiger partial charge in [-0.15, -0.1) is 0 Å². The summed E-state index contributed by atoms with van der Waals surface area (Å²) in [5.41, 5.74) is 2.51. The van der Waals surface area contributed by atoms with Gasteiger partial charge in [0.15, 0.2) is 0 Å². The van der Waals surface area contributed by atoms with Gasteiger partial charge >= 0.3 is 0 Å². The second kappa shape index (κ2) is 8.55. The Hall–Kier alpha value is -2.50. The smallest absolute Gasteiger partial charge is 0.269 e. The molecule has 25 heavy (non-hydrogen) atoms. The van der Waals surface area contributed by atoms with Crippen molar-refractivity contribution in [3.05, 3.63) is 81.9 Å². The van der Waals surface area contributed by atoms with Crippen LogP contribution in [0.25, 0.3) is 6.08 Å². The number of nitro groups is 1. The third-order valence-electron chi connectivity index (χ3n) is 4.49. The molecule has 1 saturated heterocycles. The third-order valence-corrected chi connectivity index (χ3v) is 4.49. The lowest BCUT2D eigenvalue weighted by atomic mass is 10.2. The molecular formula is C20H23N3O2. The SMILES string of the molecule is O=[N+]([O-])c1ccc(CN2CCN(C/C=C/c3ccccc3)CC2)cc1. The monoisotopic (exact) mass is 337 g/mol. The van der Waals surface area contributed by atoms with Crippen LogP contribution in [0.1, 0.15) is 11.1 Å². The zero-order valence-corrected chi connectivity index (χ0v) is 14.3. The molecule has 5 heteroatoms. The molecule has 1 aliphatic heterocycles. The van der Waals surface area contributed by atoms with Gasteiger partial charge in [-0.1, -0.05) is 54.6 Å². The quantitative estimate of drug-likeness (QED) is 0.599. The van der Waals surface area contributed by atoms with Crippen molar-refractivity contribution in [2.75, 3.05) is 32.7 Å². The van der Waals surface area contributed by atoms with Crippen LogP contribution in [-0.2, 0) is 6.54 Å². The van der Waals surface area contributed by atoms with Gasteiger partial charge in [-0.3, -0.25) is 19.9 Å². The maximum atomic E-state index is 10.7. The van der Waals surface area contributed by atoms with E-state index in [1.807, 2.05) is 18.2 Å². The molecule has 1 fully saturated rings. The molecule has 1 aliphatic rings. The molecule has 0 amide bonds. The minimum atomic E-state index is -0.356. The molecule has 1 heterocycles. The Labute approximate surface area is 148 Å². The predicted molar refractivity (Wildman–Crippen MR) is 100 cm³/mol. The van der Waals surface area contributed by atoms with E-state index in [9.17, 15) is 10.1 Å². The van der Waals surface area contributed by atoms with Crippen molar-refractivity contribution in [3.63, 3.8) is 0 Å². The van der Waals surface area contributed by atoms with Gasteiger partial charge in [0, 0.05) is 51.4 Å². The zero-order valence-electron chi connectivity index (χ0n) is 14.3. The summed E-state index contributed by atoms with van der Waals surface area (Å²) in [6, 6.07) is 17.2. The van der Waals surface area contributed by atoms with Crippen LogP contribution in [0.3, 0.4) is 0 Å². The fourth-order valence-corrected chi connectivity index (χ4v) is 3.01. The first kappa shape index (κ1) is 17.3. The normalized spacial score (nSPS) is 16.3. The first-order valence-corrected chi connectivity index (χ1v) is 8.60. The summed E-state index contributed by atoms with van der Waals surface area (Å²) in [4.78, 5) is 15.2. The van der Waals surface area contributed by atoms with Crippen molar-refractivity contribution < 1.29 is 4.92 Å². The second-order valence-electron chi connectivity index (χ2n) is 6.31. The molecule has 3 rings (SSSR count). The van der Waals surface area contributed by atoms with Gasteiger partial charge in [0.25, 0.3) is 5.69 Å². The van der Waals surface area contributed by atoms with Gasteiger partial charge < -0.3 is 0 Å². The van der Waals surface area contributed by atoms with E-state index < -0.39 is 0 Å². The fourth-order valence-electron chi connectivity index (χ4n) is 3.01. The van der Waals surface area contributed by atoms with Crippen LogP contribution in [0.2, 0.25) is 0 Å². The molecule has 0 spiro atoms. The van der Waals surface area contributed by atoms with Gasteiger partial charge in [-0.05, 0) is 11.1 Å². The fraction of sp³-hybridized carbons (Fsp3) is 0.300. The van der Waals surface area contributed by atoms with E-state index in [1.165, 1.54) is 5.56 Å². The van der Waals surface area contributed by atoms with E-state index in [-0.39, 0.29) is 10.6 Å². The highest BCUT2D eigenvalue weighted by Gasteiger charge is 2.16. The number of benzene rings is 2. The molecular weight excluding hydrogens is 314 g/mol. The third kappa shape index (κ3) is 5.24. The lowest BCUT2D eigenvalue weighted by molar-refractivity contribution is -0.384. The van der Waals surface area contributed by atoms with Crippen LogP contribution >= 0.6 is 0 Å². The number of rotatable bonds is 6. The number of hydrogen-bond acceptors (Lipinski definition) is 4. The van der Waals surface area contributed by atoms with Crippen molar-refractivity contribution in [2.45, 2.75) is 6.54 Å². The molecule has 0 radical (unpaired) electrons. The highest BCUT2D eigenvalue weighted by atomic mass is 16.6. The number of nitro benzene ring substituents is 1. The van der Waals surface area contributed by atoms with E-state index >= 15 is 0 Å². The Morgan fingerprint density at radius 3 is 2.20 bits per heavy atom. The Morgan fingerprint density at radius 2 is 1.56 bits per heavy atom. The molecule has 0 bridgehead atoms. The van der Waals surface area contributed by atoms with E-state index in [0.29, 0.717) is 0 Å². The molecule has 0 saturated carbocycles. The minimum Gasteiger partial charge on any atom is -0.297 e. The highest BCUT2D eigenvalue weighted by molar-refractivity contribution is 5.48. The standard InChI is InChI=1S/C20H23N3O2/c24-23(25)20-10-8-19(9-11-20)17-22-15-13-21(14-16-22)12-4-7-18-5-2-1-3-6-18/h1-11H,12-17H2/b7-4+. The highest BCUT2D eigenvalue weighted by Crippen LogP contribution is 2.14. The van der Waals surface area contributed by atoms with Gasteiger partial charge in [-0.2, -0.15) is 0 Å². The van der Waals surface area contributed by atoms with Crippen molar-refractivity contribution in [2.24, 2.45) is 0 Å². The van der Waals surface area contributed by atoms with Crippen LogP contribution in [0, 0.1) is 10.1 Å². The lowest BCUT2D eigenvalue weighted by Crippen LogP contribution is -2.45. The Balaban J connectivity index is 1.42. The van der Waals surface area contributed by atoms with Gasteiger partial charge in [-0.25, -0.2) is 0 Å². The van der Waals surface area contributed by atoms with Gasteiger partial charge in [0.1, 0.15) is 0 Å². The summed E-state index contributed by atoms with van der Waals surface area (Å²) < 4.78 is 0. The van der Waals surface area contributed by atoms with Crippen molar-refractivity contribution in [3.8, 4) is 0 Å². The van der Waals surface area contributed by atoms with E-state index in [0.717, 1.165) is 44.8 Å². The summed E-state index contributed by atoms with van der Waals surface area (Å²) in [5, 5.41) is 10.7. The zero-order chi connectivity index (χ0) is 17.5. The molecule has 5 nitrogen and oxygen atoms in total. The van der Waals surface area contributed by atoms with E-state index in [2.05, 4.69) is 46.2 Å². The summed E-state index contributed by atoms with van der Waals surface area (Å²) in [6.45, 7) is 5.97. The van der Waals surface area contributed by atoms with Crippen LogP contribution in [0.5, 0.6) is 0 Å². The number of hydrogen-bond donors (Lipinski definition) is 0. The minimum absolute atomic E-state index is 0.152. The van der Waals surface area contributed by atoms with E-state index in [1.54, 1.807) is 12.1 Å². The van der Waals surface area contributed by atoms with Crippen molar-refractivity contribution in [1.82, 2.24) is 9.80 Å². The first-order valence-electron chi connectivity index (χ1n) is 8.60. The van der Waals surface area contributed by atoms with E-state index in [4.69, 9.17) is 0 Å². The van der Waals surface area contributed by atoms with Gasteiger partial charge in [0.2, 0.25) is 0 Å². The van der Waals surface area contributed by atoms with Crippen LogP contribution < -0.4 is 0 Å². The average molecular weight is 337 g/mol. The largest absolute Gasteiger partial charge is 0.297 e. The topological polar surface area (TPSA) is 49.6 Å². The molecule has 0 aromatic heterocycles. The summed E-state index contributed by atoms with van der Waals surface area (Å²) >= 11 is 0. The average Bonchev–Trinajstić information content (AvgIpc) is 2.64. The van der Waals surface area contributed by atoms with Gasteiger partial charge in [0.05, 0.1) is 4.92 Å². The Bertz CT molecular complexity index is 705. The molecule has 2 aromatic carbocycles. The molecule has 0 N–H and O–H groups in total. The lowest BCUT2D eigenvalue weighted by Gasteiger charge is -2.34. The molecule has 2 aromatic rings. The number of non-ortho nitro benzene ring substituents is 1. The van der Waals surface area contributed by atoms with Crippen molar-refractivity contribution in [1.29, 1.82) is 0 Å². The van der Waals surface area contributed by atoms with Crippen LogP contribution in [0.15, 0.2) is 60.7 Å². The first-order chi connectivity index (χ1) is 12.2. The van der Waals surface area contributed by atoms with Crippen LogP contribution in [-0.4, -0.2) is 47.4 Å². The van der Waals surface area contributed by atoms with Crippen LogP contribution in [0.4, 0.5) is 5.69 Å². The Morgan fingerprint density at radius 1 is 0.920 bits per heavy atom. The number of nitrogens with zero attached hydrogens (tertiary/aromatic N) is 3. The maximum Gasteiger partial charge on any atom is 0.269 e. The number of piperazine rings is 1. The van der Waals surface area contributed by atoms with Crippen molar-refractivity contribution >= 4 is 11.8 Å². The summed E-state index contributed by atoms with van der Waals surface area (Å²) in [5.74, 6) is 0. The predicted octanol–water partition coefficient (Wildman–Crippen LogP) is 3.43. The second-order valence-corrected chi connectivity index (χ2v) is 6.31. The molecule has 0 aliphatic carbocycles.